The first-order valence-corrected chi connectivity index (χ1v) is 10.6. The molecule has 0 bridgehead atoms. The highest BCUT2D eigenvalue weighted by Gasteiger charge is 2.17. The molecule has 1 saturated heterocycles. The van der Waals surface area contributed by atoms with Crippen LogP contribution in [0.2, 0.25) is 0 Å². The van der Waals surface area contributed by atoms with Gasteiger partial charge < -0.3 is 20.3 Å². The number of nitrogens with one attached hydrogen (secondary N) is 2. The number of amides is 2. The minimum absolute atomic E-state index is 0.0430. The van der Waals surface area contributed by atoms with E-state index < -0.39 is 12.6 Å². The fraction of sp³-hybridized carbons (Fsp3) is 0.435. The Morgan fingerprint density at radius 3 is 2.45 bits per heavy atom. The van der Waals surface area contributed by atoms with Crippen LogP contribution < -0.4 is 15.4 Å². The maximum absolute atomic E-state index is 12.6. The Hall–Kier alpha value is -2.71. The molecular weight excluding hydrogens is 402 g/mol. The van der Waals surface area contributed by atoms with Gasteiger partial charge in [0.2, 0.25) is 0 Å². The fourth-order valence-electron chi connectivity index (χ4n) is 3.67. The Labute approximate surface area is 182 Å². The fourth-order valence-corrected chi connectivity index (χ4v) is 3.67. The molecule has 0 atom stereocenters. The predicted octanol–water partition coefficient (Wildman–Crippen LogP) is 3.93. The van der Waals surface area contributed by atoms with E-state index >= 15 is 0 Å². The van der Waals surface area contributed by atoms with E-state index in [4.69, 9.17) is 0 Å². The zero-order valence-corrected chi connectivity index (χ0v) is 17.8. The normalized spacial score (nSPS) is 15.1. The molecule has 1 fully saturated rings. The Balaban J connectivity index is 1.34. The van der Waals surface area contributed by atoms with Gasteiger partial charge in [0.1, 0.15) is 5.75 Å². The molecule has 1 heterocycles. The second-order valence-electron chi connectivity index (χ2n) is 7.66. The van der Waals surface area contributed by atoms with Gasteiger partial charge in [-0.1, -0.05) is 42.5 Å². The summed E-state index contributed by atoms with van der Waals surface area (Å²) in [6.07, 6.45) is 0.820. The topological polar surface area (TPSA) is 56.8 Å². The standard InChI is InChI=1S/C23H30F2N4O2/c1-18-7-5-10-20(31-22(24)25)21(18)27-23(30)26-11-6-12-28-13-15-29(16-14-28)17-19-8-3-2-4-9-19/h2-5,7-10,22H,6,11-17H2,1H3,(H2,26,27,30). The number of rotatable bonds is 9. The first kappa shape index (κ1) is 23.0. The summed E-state index contributed by atoms with van der Waals surface area (Å²) >= 11 is 0. The van der Waals surface area contributed by atoms with Crippen LogP contribution in [-0.4, -0.2) is 61.7 Å². The van der Waals surface area contributed by atoms with Crippen LogP contribution in [0, 0.1) is 6.92 Å². The number of carbonyl (C=O) groups excluding carboxylic acids is 1. The number of benzene rings is 2. The molecule has 31 heavy (non-hydrogen) atoms. The lowest BCUT2D eigenvalue weighted by molar-refractivity contribution is -0.0493. The number of alkyl halides is 2. The lowest BCUT2D eigenvalue weighted by Crippen LogP contribution is -2.46. The molecule has 168 valence electrons. The molecule has 2 aromatic carbocycles. The maximum atomic E-state index is 12.6. The van der Waals surface area contributed by atoms with E-state index in [2.05, 4.69) is 49.4 Å². The van der Waals surface area contributed by atoms with Gasteiger partial charge >= 0.3 is 12.6 Å². The van der Waals surface area contributed by atoms with E-state index in [1.165, 1.54) is 11.6 Å². The summed E-state index contributed by atoms with van der Waals surface area (Å²) in [5.74, 6) is -0.0430. The van der Waals surface area contributed by atoms with Gasteiger partial charge in [-0.05, 0) is 37.1 Å². The third-order valence-corrected chi connectivity index (χ3v) is 5.34. The molecule has 0 saturated carbocycles. The molecule has 2 N–H and O–H groups in total. The average molecular weight is 433 g/mol. The molecule has 0 unspecified atom stereocenters. The molecule has 2 aromatic rings. The van der Waals surface area contributed by atoms with Gasteiger partial charge in [-0.25, -0.2) is 4.79 Å². The van der Waals surface area contributed by atoms with E-state index in [-0.39, 0.29) is 11.4 Å². The number of piperazine rings is 1. The number of para-hydroxylation sites is 1. The Morgan fingerprint density at radius 2 is 1.74 bits per heavy atom. The van der Waals surface area contributed by atoms with Crippen molar-refractivity contribution in [3.63, 3.8) is 0 Å². The molecule has 0 radical (unpaired) electrons. The van der Waals surface area contributed by atoms with Crippen molar-refractivity contribution in [2.24, 2.45) is 0 Å². The lowest BCUT2D eigenvalue weighted by Gasteiger charge is -2.34. The number of ether oxygens (including phenoxy) is 1. The number of hydrogen-bond donors (Lipinski definition) is 2. The SMILES string of the molecule is Cc1cccc(OC(F)F)c1NC(=O)NCCCN1CCN(Cc2ccccc2)CC1. The van der Waals surface area contributed by atoms with Gasteiger partial charge in [0, 0.05) is 39.3 Å². The third-order valence-electron chi connectivity index (χ3n) is 5.34. The highest BCUT2D eigenvalue weighted by molar-refractivity contribution is 5.91. The van der Waals surface area contributed by atoms with Gasteiger partial charge in [-0.3, -0.25) is 4.90 Å². The minimum Gasteiger partial charge on any atom is -0.433 e. The highest BCUT2D eigenvalue weighted by Crippen LogP contribution is 2.29. The van der Waals surface area contributed by atoms with Crippen LogP contribution in [0.4, 0.5) is 19.3 Å². The molecule has 6 nitrogen and oxygen atoms in total. The predicted molar refractivity (Wildman–Crippen MR) is 118 cm³/mol. The first-order chi connectivity index (χ1) is 15.0. The van der Waals surface area contributed by atoms with Gasteiger partial charge in [-0.15, -0.1) is 0 Å². The summed E-state index contributed by atoms with van der Waals surface area (Å²) in [6.45, 7) is 5.26. The summed E-state index contributed by atoms with van der Waals surface area (Å²) in [7, 11) is 0. The summed E-state index contributed by atoms with van der Waals surface area (Å²) in [4.78, 5) is 17.0. The second kappa shape index (κ2) is 11.6. The van der Waals surface area contributed by atoms with Crippen LogP contribution in [-0.2, 0) is 6.54 Å². The molecule has 2 amide bonds. The van der Waals surface area contributed by atoms with Crippen LogP contribution in [0.25, 0.3) is 0 Å². The van der Waals surface area contributed by atoms with Gasteiger partial charge in [0.25, 0.3) is 0 Å². The number of nitrogens with zero attached hydrogens (tertiary/aromatic N) is 2. The summed E-state index contributed by atoms with van der Waals surface area (Å²) in [5, 5.41) is 5.41. The van der Waals surface area contributed by atoms with Crippen molar-refractivity contribution in [2.75, 3.05) is 44.6 Å². The summed E-state index contributed by atoms with van der Waals surface area (Å²) < 4.78 is 29.6. The van der Waals surface area contributed by atoms with Gasteiger partial charge in [0.05, 0.1) is 5.69 Å². The molecule has 1 aliphatic rings. The van der Waals surface area contributed by atoms with E-state index in [9.17, 15) is 13.6 Å². The van der Waals surface area contributed by atoms with Crippen LogP contribution in [0.1, 0.15) is 17.5 Å². The van der Waals surface area contributed by atoms with E-state index in [0.717, 1.165) is 45.7 Å². The Bertz CT molecular complexity index is 828. The van der Waals surface area contributed by atoms with Crippen molar-refractivity contribution in [1.29, 1.82) is 0 Å². The molecule has 3 rings (SSSR count). The quantitative estimate of drug-likeness (QED) is 0.590. The summed E-state index contributed by atoms with van der Waals surface area (Å²) in [5.41, 5.74) is 2.25. The minimum atomic E-state index is -2.95. The third kappa shape index (κ3) is 7.48. The molecule has 0 spiro atoms. The highest BCUT2D eigenvalue weighted by atomic mass is 19.3. The smallest absolute Gasteiger partial charge is 0.387 e. The maximum Gasteiger partial charge on any atom is 0.387 e. The van der Waals surface area contributed by atoms with Gasteiger partial charge in [0.15, 0.2) is 0 Å². The number of aryl methyl sites for hydroxylation is 1. The van der Waals surface area contributed by atoms with Crippen molar-refractivity contribution in [1.82, 2.24) is 15.1 Å². The number of carbonyl (C=O) groups is 1. The van der Waals surface area contributed by atoms with Crippen LogP contribution >= 0.6 is 0 Å². The summed E-state index contributed by atoms with van der Waals surface area (Å²) in [6, 6.07) is 14.8. The largest absolute Gasteiger partial charge is 0.433 e. The zero-order valence-electron chi connectivity index (χ0n) is 17.8. The molecule has 1 aliphatic heterocycles. The Morgan fingerprint density at radius 1 is 1.03 bits per heavy atom. The monoisotopic (exact) mass is 432 g/mol. The molecule has 8 heteroatoms. The van der Waals surface area contributed by atoms with Crippen LogP contribution in [0.3, 0.4) is 0 Å². The van der Waals surface area contributed by atoms with E-state index in [1.807, 2.05) is 6.07 Å². The number of urea groups is 1. The van der Waals surface area contributed by atoms with Crippen molar-refractivity contribution in [3.05, 3.63) is 59.7 Å². The Kier molecular flexibility index (Phi) is 8.61. The number of hydrogen-bond acceptors (Lipinski definition) is 4. The van der Waals surface area contributed by atoms with Crippen molar-refractivity contribution >= 4 is 11.7 Å². The van der Waals surface area contributed by atoms with Crippen molar-refractivity contribution in [2.45, 2.75) is 26.5 Å². The zero-order chi connectivity index (χ0) is 22.1. The average Bonchev–Trinajstić information content (AvgIpc) is 2.75. The van der Waals surface area contributed by atoms with E-state index in [1.54, 1.807) is 19.1 Å². The lowest BCUT2D eigenvalue weighted by atomic mass is 10.2. The first-order valence-electron chi connectivity index (χ1n) is 10.6. The van der Waals surface area contributed by atoms with Crippen LogP contribution in [0.5, 0.6) is 5.75 Å². The molecule has 0 aliphatic carbocycles. The second-order valence-corrected chi connectivity index (χ2v) is 7.66. The number of anilines is 1. The van der Waals surface area contributed by atoms with Crippen molar-refractivity contribution in [3.8, 4) is 5.75 Å². The molecule has 0 aromatic heterocycles. The van der Waals surface area contributed by atoms with Crippen LogP contribution in [0.15, 0.2) is 48.5 Å². The van der Waals surface area contributed by atoms with E-state index in [0.29, 0.717) is 12.1 Å². The molecular formula is C23H30F2N4O2. The van der Waals surface area contributed by atoms with Gasteiger partial charge in [-0.2, -0.15) is 8.78 Å². The number of halogens is 2. The van der Waals surface area contributed by atoms with Crippen molar-refractivity contribution < 1.29 is 18.3 Å².